The highest BCUT2D eigenvalue weighted by molar-refractivity contribution is 6.34. The molecule has 0 bridgehead atoms. The Morgan fingerprint density at radius 1 is 1.08 bits per heavy atom. The van der Waals surface area contributed by atoms with Crippen LogP contribution in [0.3, 0.4) is 0 Å². The number of para-hydroxylation sites is 1. The SMILES string of the molecule is COc1ccccc1/C=C/c1nc(Cl)c2cc3c(cc2n1)OCO3. The van der Waals surface area contributed by atoms with Gasteiger partial charge in [-0.2, -0.15) is 0 Å². The summed E-state index contributed by atoms with van der Waals surface area (Å²) in [6.45, 7) is 0.206. The second-order valence-electron chi connectivity index (χ2n) is 5.17. The predicted octanol–water partition coefficient (Wildman–Crippen LogP) is 4.19. The van der Waals surface area contributed by atoms with Crippen LogP contribution in [0.15, 0.2) is 36.4 Å². The summed E-state index contributed by atoms with van der Waals surface area (Å²) in [5.74, 6) is 2.61. The van der Waals surface area contributed by atoms with Gasteiger partial charge in [0.15, 0.2) is 17.3 Å². The van der Waals surface area contributed by atoms with E-state index >= 15 is 0 Å². The zero-order chi connectivity index (χ0) is 16.5. The standard InChI is InChI=1S/C18H13ClN2O3/c1-22-14-5-3-2-4-11(14)6-7-17-20-13-9-16-15(23-10-24-16)8-12(13)18(19)21-17/h2-9H,10H2,1H3/b7-6+. The van der Waals surface area contributed by atoms with Crippen molar-refractivity contribution in [1.29, 1.82) is 0 Å². The van der Waals surface area contributed by atoms with Crippen molar-refractivity contribution in [2.75, 3.05) is 13.9 Å². The van der Waals surface area contributed by atoms with Crippen LogP contribution in [0.25, 0.3) is 23.1 Å². The molecule has 0 saturated carbocycles. The third-order valence-corrected chi connectivity index (χ3v) is 4.00. The molecule has 1 aliphatic rings. The van der Waals surface area contributed by atoms with E-state index in [-0.39, 0.29) is 6.79 Å². The van der Waals surface area contributed by atoms with Gasteiger partial charge in [0, 0.05) is 17.0 Å². The topological polar surface area (TPSA) is 53.5 Å². The number of halogens is 1. The lowest BCUT2D eigenvalue weighted by molar-refractivity contribution is 0.174. The van der Waals surface area contributed by atoms with Crippen LogP contribution in [0.1, 0.15) is 11.4 Å². The van der Waals surface area contributed by atoms with Gasteiger partial charge in [0.2, 0.25) is 6.79 Å². The maximum Gasteiger partial charge on any atom is 0.231 e. The van der Waals surface area contributed by atoms with Crippen LogP contribution >= 0.6 is 11.6 Å². The van der Waals surface area contributed by atoms with Crippen LogP contribution in [-0.2, 0) is 0 Å². The molecule has 2 aromatic carbocycles. The first-order valence-corrected chi connectivity index (χ1v) is 7.70. The van der Waals surface area contributed by atoms with Gasteiger partial charge in [-0.3, -0.25) is 0 Å². The molecule has 0 aliphatic carbocycles. The highest BCUT2D eigenvalue weighted by Crippen LogP contribution is 2.37. The van der Waals surface area contributed by atoms with Gasteiger partial charge < -0.3 is 14.2 Å². The lowest BCUT2D eigenvalue weighted by Crippen LogP contribution is -1.92. The quantitative estimate of drug-likeness (QED) is 0.669. The summed E-state index contributed by atoms with van der Waals surface area (Å²) in [5.41, 5.74) is 1.64. The van der Waals surface area contributed by atoms with Crippen LogP contribution in [-0.4, -0.2) is 23.9 Å². The van der Waals surface area contributed by atoms with E-state index in [9.17, 15) is 0 Å². The van der Waals surface area contributed by atoms with Gasteiger partial charge in [-0.25, -0.2) is 9.97 Å². The number of ether oxygens (including phenoxy) is 3. The molecule has 0 spiro atoms. The predicted molar refractivity (Wildman–Crippen MR) is 92.6 cm³/mol. The van der Waals surface area contributed by atoms with Crippen LogP contribution in [0, 0.1) is 0 Å². The molecule has 6 heteroatoms. The van der Waals surface area contributed by atoms with Crippen LogP contribution < -0.4 is 14.2 Å². The van der Waals surface area contributed by atoms with Gasteiger partial charge >= 0.3 is 0 Å². The van der Waals surface area contributed by atoms with Crippen molar-refractivity contribution < 1.29 is 14.2 Å². The summed E-state index contributed by atoms with van der Waals surface area (Å²) in [5, 5.41) is 1.10. The first kappa shape index (κ1) is 14.8. The minimum atomic E-state index is 0.206. The highest BCUT2D eigenvalue weighted by atomic mass is 35.5. The smallest absolute Gasteiger partial charge is 0.231 e. The number of rotatable bonds is 3. The van der Waals surface area contributed by atoms with Crippen molar-refractivity contribution >= 4 is 34.7 Å². The molecule has 5 nitrogen and oxygen atoms in total. The van der Waals surface area contributed by atoms with E-state index in [1.807, 2.05) is 36.4 Å². The minimum absolute atomic E-state index is 0.206. The molecule has 2 heterocycles. The van der Waals surface area contributed by atoms with Crippen molar-refractivity contribution in [2.45, 2.75) is 0 Å². The third-order valence-electron chi connectivity index (χ3n) is 3.71. The Morgan fingerprint density at radius 3 is 2.71 bits per heavy atom. The summed E-state index contributed by atoms with van der Waals surface area (Å²) < 4.78 is 16.1. The number of aromatic nitrogens is 2. The van der Waals surface area contributed by atoms with Crippen molar-refractivity contribution in [3.05, 3.63) is 52.9 Å². The van der Waals surface area contributed by atoms with Gasteiger partial charge in [0.25, 0.3) is 0 Å². The number of benzene rings is 2. The van der Waals surface area contributed by atoms with Gasteiger partial charge in [-0.05, 0) is 24.3 Å². The summed E-state index contributed by atoms with van der Waals surface area (Å²) in [6, 6.07) is 11.3. The Morgan fingerprint density at radius 2 is 1.88 bits per heavy atom. The fraction of sp³-hybridized carbons (Fsp3) is 0.111. The van der Waals surface area contributed by atoms with Crippen molar-refractivity contribution in [3.8, 4) is 17.2 Å². The monoisotopic (exact) mass is 340 g/mol. The Bertz CT molecular complexity index is 956. The summed E-state index contributed by atoms with van der Waals surface area (Å²) in [6.07, 6.45) is 3.69. The average molecular weight is 341 g/mol. The fourth-order valence-electron chi connectivity index (χ4n) is 2.54. The Kier molecular flexibility index (Phi) is 3.70. The fourth-order valence-corrected chi connectivity index (χ4v) is 2.78. The molecule has 3 aromatic rings. The van der Waals surface area contributed by atoms with Crippen molar-refractivity contribution in [3.63, 3.8) is 0 Å². The Balaban J connectivity index is 1.75. The number of nitrogens with zero attached hydrogens (tertiary/aromatic N) is 2. The maximum absolute atomic E-state index is 6.30. The van der Waals surface area contributed by atoms with E-state index in [4.69, 9.17) is 25.8 Å². The van der Waals surface area contributed by atoms with Crippen LogP contribution in [0.2, 0.25) is 5.15 Å². The summed E-state index contributed by atoms with van der Waals surface area (Å²) in [4.78, 5) is 8.85. The van der Waals surface area contributed by atoms with E-state index in [2.05, 4.69) is 9.97 Å². The number of methoxy groups -OCH3 is 1. The summed E-state index contributed by atoms with van der Waals surface area (Å²) in [7, 11) is 1.64. The van der Waals surface area contributed by atoms with Crippen molar-refractivity contribution in [1.82, 2.24) is 9.97 Å². The molecular weight excluding hydrogens is 328 g/mol. The second-order valence-corrected chi connectivity index (χ2v) is 5.53. The van der Waals surface area contributed by atoms with E-state index in [0.717, 1.165) is 16.7 Å². The van der Waals surface area contributed by atoms with E-state index in [1.165, 1.54) is 0 Å². The summed E-state index contributed by atoms with van der Waals surface area (Å²) >= 11 is 6.30. The zero-order valence-corrected chi connectivity index (χ0v) is 13.6. The molecule has 1 aromatic heterocycles. The minimum Gasteiger partial charge on any atom is -0.496 e. The normalized spacial score (nSPS) is 12.9. The second kappa shape index (κ2) is 6.02. The number of hydrogen-bond donors (Lipinski definition) is 0. The Hall–Kier alpha value is -2.79. The van der Waals surface area contributed by atoms with E-state index < -0.39 is 0 Å². The first-order chi connectivity index (χ1) is 11.7. The largest absolute Gasteiger partial charge is 0.496 e. The molecule has 0 unspecified atom stereocenters. The third kappa shape index (κ3) is 2.63. The molecule has 0 atom stereocenters. The lowest BCUT2D eigenvalue weighted by Gasteiger charge is -2.05. The molecule has 0 saturated heterocycles. The zero-order valence-electron chi connectivity index (χ0n) is 12.8. The number of hydrogen-bond acceptors (Lipinski definition) is 5. The lowest BCUT2D eigenvalue weighted by atomic mass is 10.2. The average Bonchev–Trinajstić information content (AvgIpc) is 3.06. The van der Waals surface area contributed by atoms with Crippen molar-refractivity contribution in [2.24, 2.45) is 0 Å². The van der Waals surface area contributed by atoms with Gasteiger partial charge in [0.05, 0.1) is 12.6 Å². The van der Waals surface area contributed by atoms with Gasteiger partial charge in [0.1, 0.15) is 10.9 Å². The Labute approximate surface area is 143 Å². The van der Waals surface area contributed by atoms with E-state index in [1.54, 1.807) is 19.3 Å². The first-order valence-electron chi connectivity index (χ1n) is 7.32. The molecule has 0 amide bonds. The molecule has 0 N–H and O–H groups in total. The van der Waals surface area contributed by atoms with Gasteiger partial charge in [-0.1, -0.05) is 29.8 Å². The molecule has 120 valence electrons. The van der Waals surface area contributed by atoms with Gasteiger partial charge in [-0.15, -0.1) is 0 Å². The molecule has 0 fully saturated rings. The molecule has 4 rings (SSSR count). The molecule has 24 heavy (non-hydrogen) atoms. The number of fused-ring (bicyclic) bond motifs is 2. The highest BCUT2D eigenvalue weighted by Gasteiger charge is 2.16. The van der Waals surface area contributed by atoms with Crippen LogP contribution in [0.4, 0.5) is 0 Å². The maximum atomic E-state index is 6.30. The molecular formula is C18H13ClN2O3. The molecule has 1 aliphatic heterocycles. The van der Waals surface area contributed by atoms with E-state index in [0.29, 0.717) is 28.0 Å². The van der Waals surface area contributed by atoms with Crippen LogP contribution in [0.5, 0.6) is 17.2 Å². The molecule has 0 radical (unpaired) electrons.